The van der Waals surface area contributed by atoms with Crippen molar-refractivity contribution in [1.82, 2.24) is 10.2 Å². The van der Waals surface area contributed by atoms with Gasteiger partial charge in [-0.05, 0) is 45.4 Å². The van der Waals surface area contributed by atoms with Crippen LogP contribution in [0, 0.1) is 0 Å². The molecule has 0 saturated carbocycles. The number of methoxy groups -OCH3 is 1. The molecule has 0 aromatic heterocycles. The number of rotatable bonds is 8. The van der Waals surface area contributed by atoms with Gasteiger partial charge in [0.05, 0.1) is 29.8 Å². The molecule has 1 aromatic rings. The molecule has 0 spiro atoms. The number of nitrogens with zero attached hydrogens (tertiary/aromatic N) is 1. The molecule has 9 heteroatoms. The van der Waals surface area contributed by atoms with Gasteiger partial charge in [-0.2, -0.15) is 0 Å². The number of hydrogen-bond acceptors (Lipinski definition) is 8. The van der Waals surface area contributed by atoms with Crippen LogP contribution in [0.15, 0.2) is 46.8 Å². The average Bonchev–Trinajstić information content (AvgIpc) is 2.72. The molecular formula is C24H32N2O7. The maximum absolute atomic E-state index is 13.1. The molecule has 1 aliphatic rings. The highest BCUT2D eigenvalue weighted by molar-refractivity contribution is 6.00. The maximum Gasteiger partial charge on any atom is 0.414 e. The molecular weight excluding hydrogens is 428 g/mol. The molecule has 0 radical (unpaired) electrons. The van der Waals surface area contributed by atoms with Gasteiger partial charge >= 0.3 is 18.0 Å². The number of carbonyl (C=O) groups is 3. The summed E-state index contributed by atoms with van der Waals surface area (Å²) in [4.78, 5) is 39.5. The van der Waals surface area contributed by atoms with Crippen LogP contribution in [0.25, 0.3) is 0 Å². The standard InChI is InChI=1S/C24H32N2O7/c1-14(2)32-23(28)20-16(4)25-15(3)19(22(27)31-12-11-30-7)21(20)17-9-8-10-18(13-17)33-24(29)26(5)6/h8-10,13-14,21,25H,11-12H2,1-7H3. The van der Waals surface area contributed by atoms with E-state index in [0.29, 0.717) is 17.0 Å². The Hall–Kier alpha value is -3.33. The zero-order valence-electron chi connectivity index (χ0n) is 20.2. The molecule has 0 aliphatic carbocycles. The molecule has 0 fully saturated rings. The van der Waals surface area contributed by atoms with E-state index in [2.05, 4.69) is 5.32 Å². The minimum atomic E-state index is -0.787. The quantitative estimate of drug-likeness (QED) is 0.466. The van der Waals surface area contributed by atoms with Crippen molar-refractivity contribution >= 4 is 18.0 Å². The van der Waals surface area contributed by atoms with Crippen LogP contribution in [0.2, 0.25) is 0 Å². The molecule has 1 amide bonds. The molecule has 1 N–H and O–H groups in total. The van der Waals surface area contributed by atoms with Gasteiger partial charge in [-0.3, -0.25) is 0 Å². The lowest BCUT2D eigenvalue weighted by Gasteiger charge is -2.31. The first kappa shape index (κ1) is 25.9. The number of benzene rings is 1. The first-order valence-electron chi connectivity index (χ1n) is 10.6. The normalized spacial score (nSPS) is 15.8. The molecule has 1 unspecified atom stereocenters. The number of dihydropyridines is 1. The fourth-order valence-corrected chi connectivity index (χ4v) is 3.39. The fourth-order valence-electron chi connectivity index (χ4n) is 3.39. The summed E-state index contributed by atoms with van der Waals surface area (Å²) in [5.41, 5.74) is 2.24. The second-order valence-electron chi connectivity index (χ2n) is 8.05. The summed E-state index contributed by atoms with van der Waals surface area (Å²) in [5.74, 6) is -1.64. The minimum Gasteiger partial charge on any atom is -0.460 e. The summed E-state index contributed by atoms with van der Waals surface area (Å²) in [6, 6.07) is 6.71. The van der Waals surface area contributed by atoms with Gasteiger partial charge in [0.1, 0.15) is 12.4 Å². The SMILES string of the molecule is COCCOC(=O)C1=C(C)NC(C)=C(C(=O)OC(C)C)C1c1cccc(OC(=O)N(C)C)c1. The van der Waals surface area contributed by atoms with E-state index in [-0.39, 0.29) is 36.2 Å². The van der Waals surface area contributed by atoms with E-state index in [1.54, 1.807) is 66.1 Å². The van der Waals surface area contributed by atoms with E-state index in [4.69, 9.17) is 18.9 Å². The minimum absolute atomic E-state index is 0.0633. The summed E-state index contributed by atoms with van der Waals surface area (Å²) in [6.45, 7) is 7.29. The molecule has 1 atom stereocenters. The Morgan fingerprint density at radius 2 is 1.67 bits per heavy atom. The smallest absolute Gasteiger partial charge is 0.414 e. The van der Waals surface area contributed by atoms with Gasteiger partial charge in [-0.15, -0.1) is 0 Å². The van der Waals surface area contributed by atoms with Crippen molar-refractivity contribution in [3.8, 4) is 5.75 Å². The summed E-state index contributed by atoms with van der Waals surface area (Å²) in [6.07, 6.45) is -0.899. The topological polar surface area (TPSA) is 103 Å². The van der Waals surface area contributed by atoms with Gasteiger partial charge in [0.15, 0.2) is 0 Å². The van der Waals surface area contributed by atoms with Crippen LogP contribution in [0.4, 0.5) is 4.79 Å². The van der Waals surface area contributed by atoms with E-state index in [1.165, 1.54) is 12.0 Å². The van der Waals surface area contributed by atoms with Crippen molar-refractivity contribution in [2.24, 2.45) is 0 Å². The van der Waals surface area contributed by atoms with Crippen molar-refractivity contribution < 1.29 is 33.3 Å². The zero-order valence-corrected chi connectivity index (χ0v) is 20.2. The summed E-state index contributed by atoms with van der Waals surface area (Å²) >= 11 is 0. The van der Waals surface area contributed by atoms with E-state index >= 15 is 0 Å². The van der Waals surface area contributed by atoms with Gasteiger partial charge in [-0.25, -0.2) is 14.4 Å². The van der Waals surface area contributed by atoms with Gasteiger partial charge in [0, 0.05) is 32.6 Å². The highest BCUT2D eigenvalue weighted by Gasteiger charge is 2.38. The third kappa shape index (κ3) is 6.58. The second-order valence-corrected chi connectivity index (χ2v) is 8.05. The Bertz CT molecular complexity index is 963. The number of hydrogen-bond donors (Lipinski definition) is 1. The van der Waals surface area contributed by atoms with Gasteiger partial charge in [0.2, 0.25) is 0 Å². The fraction of sp³-hybridized carbons (Fsp3) is 0.458. The lowest BCUT2D eigenvalue weighted by atomic mass is 9.80. The third-order valence-electron chi connectivity index (χ3n) is 4.83. The number of amides is 1. The zero-order chi connectivity index (χ0) is 24.7. The first-order chi connectivity index (χ1) is 15.6. The van der Waals surface area contributed by atoms with Crippen LogP contribution in [0.3, 0.4) is 0 Å². The van der Waals surface area contributed by atoms with Crippen molar-refractivity contribution in [3.63, 3.8) is 0 Å². The second kappa shape index (κ2) is 11.5. The third-order valence-corrected chi connectivity index (χ3v) is 4.83. The largest absolute Gasteiger partial charge is 0.460 e. The lowest BCUT2D eigenvalue weighted by Crippen LogP contribution is -2.33. The van der Waals surface area contributed by atoms with Crippen molar-refractivity contribution in [2.45, 2.75) is 39.7 Å². The Morgan fingerprint density at radius 3 is 2.24 bits per heavy atom. The van der Waals surface area contributed by atoms with Crippen LogP contribution in [0.1, 0.15) is 39.2 Å². The van der Waals surface area contributed by atoms with Crippen LogP contribution in [-0.4, -0.2) is 63.5 Å². The molecule has 1 aliphatic heterocycles. The number of nitrogens with one attached hydrogen (secondary N) is 1. The predicted molar refractivity (Wildman–Crippen MR) is 121 cm³/mol. The van der Waals surface area contributed by atoms with Gasteiger partial charge in [-0.1, -0.05) is 12.1 Å². The Morgan fingerprint density at radius 1 is 1.03 bits per heavy atom. The maximum atomic E-state index is 13.1. The molecule has 180 valence electrons. The molecule has 1 heterocycles. The Kier molecular flexibility index (Phi) is 9.04. The van der Waals surface area contributed by atoms with E-state index in [9.17, 15) is 14.4 Å². The molecule has 1 aromatic carbocycles. The molecule has 0 bridgehead atoms. The van der Waals surface area contributed by atoms with E-state index in [1.807, 2.05) is 0 Å². The van der Waals surface area contributed by atoms with Crippen LogP contribution in [-0.2, 0) is 23.8 Å². The number of ether oxygens (including phenoxy) is 4. The first-order valence-corrected chi connectivity index (χ1v) is 10.6. The van der Waals surface area contributed by atoms with E-state index < -0.39 is 23.9 Å². The molecule has 9 nitrogen and oxygen atoms in total. The number of allylic oxidation sites excluding steroid dienone is 2. The van der Waals surface area contributed by atoms with Crippen LogP contribution < -0.4 is 10.1 Å². The summed E-state index contributed by atoms with van der Waals surface area (Å²) in [5, 5.41) is 3.10. The number of esters is 2. The monoisotopic (exact) mass is 460 g/mol. The number of carbonyl (C=O) groups excluding carboxylic acids is 3. The molecule has 2 rings (SSSR count). The Labute approximate surface area is 194 Å². The van der Waals surface area contributed by atoms with Crippen molar-refractivity contribution in [3.05, 3.63) is 52.4 Å². The van der Waals surface area contributed by atoms with Gasteiger partial charge in [0.25, 0.3) is 0 Å². The van der Waals surface area contributed by atoms with Crippen LogP contribution >= 0.6 is 0 Å². The van der Waals surface area contributed by atoms with E-state index in [0.717, 1.165) is 0 Å². The summed E-state index contributed by atoms with van der Waals surface area (Å²) < 4.78 is 21.2. The molecule has 33 heavy (non-hydrogen) atoms. The highest BCUT2D eigenvalue weighted by Crippen LogP contribution is 2.40. The van der Waals surface area contributed by atoms with Crippen molar-refractivity contribution in [2.75, 3.05) is 34.4 Å². The Balaban J connectivity index is 2.57. The van der Waals surface area contributed by atoms with Crippen molar-refractivity contribution in [1.29, 1.82) is 0 Å². The lowest BCUT2D eigenvalue weighted by molar-refractivity contribution is -0.143. The highest BCUT2D eigenvalue weighted by atomic mass is 16.6. The predicted octanol–water partition coefficient (Wildman–Crippen LogP) is 3.12. The summed E-state index contributed by atoms with van der Waals surface area (Å²) in [7, 11) is 4.66. The van der Waals surface area contributed by atoms with Gasteiger partial charge < -0.3 is 29.2 Å². The van der Waals surface area contributed by atoms with Crippen LogP contribution in [0.5, 0.6) is 5.75 Å². The molecule has 0 saturated heterocycles. The average molecular weight is 461 g/mol.